The molecule has 0 saturated carbocycles. The van der Waals surface area contributed by atoms with Crippen molar-refractivity contribution < 1.29 is 17.4 Å². The zero-order chi connectivity index (χ0) is 17.5. The van der Waals surface area contributed by atoms with Gasteiger partial charge in [-0.15, -0.1) is 0 Å². The Hall–Kier alpha value is -2.29. The molecule has 2 aromatic rings. The van der Waals surface area contributed by atoms with Crippen LogP contribution in [0.5, 0.6) is 0 Å². The number of aliphatic imine (C=N–C) groups is 1. The number of nitrogens with zero attached hydrogens (tertiary/aromatic N) is 4. The number of alkyl halides is 3. The summed E-state index contributed by atoms with van der Waals surface area (Å²) >= 11 is 0. The van der Waals surface area contributed by atoms with Crippen molar-refractivity contribution in [1.82, 2.24) is 9.97 Å². The number of hydrogen-bond donors (Lipinski definition) is 0. The zero-order valence-electron chi connectivity index (χ0n) is 12.8. The van der Waals surface area contributed by atoms with Crippen molar-refractivity contribution in [3.63, 3.8) is 0 Å². The van der Waals surface area contributed by atoms with Gasteiger partial charge in [0.1, 0.15) is 5.69 Å². The Morgan fingerprint density at radius 3 is 2.71 bits per heavy atom. The summed E-state index contributed by atoms with van der Waals surface area (Å²) in [6.45, 7) is 0.347. The van der Waals surface area contributed by atoms with Crippen LogP contribution in [0.15, 0.2) is 40.6 Å². The maximum atomic E-state index is 12.9. The van der Waals surface area contributed by atoms with Gasteiger partial charge < -0.3 is 4.90 Å². The fraction of sp³-hybridized carbons (Fsp3) is 0.267. The summed E-state index contributed by atoms with van der Waals surface area (Å²) in [5, 5.41) is 0. The first-order chi connectivity index (χ1) is 11.3. The molecule has 1 aliphatic rings. The molecular formula is C15H13F3N4OS. The molecule has 3 heterocycles. The zero-order valence-corrected chi connectivity index (χ0v) is 13.6. The highest BCUT2D eigenvalue weighted by Crippen LogP contribution is 2.37. The molecule has 1 aliphatic heterocycles. The van der Waals surface area contributed by atoms with E-state index in [1.165, 1.54) is 18.6 Å². The van der Waals surface area contributed by atoms with Gasteiger partial charge in [0.05, 0.1) is 33.5 Å². The first-order valence-corrected chi connectivity index (χ1v) is 8.47. The minimum absolute atomic E-state index is 0.137. The van der Waals surface area contributed by atoms with Crippen LogP contribution in [0.25, 0.3) is 0 Å². The lowest BCUT2D eigenvalue weighted by molar-refractivity contribution is -0.137. The molecule has 5 nitrogen and oxygen atoms in total. The van der Waals surface area contributed by atoms with Crippen molar-refractivity contribution in [3.05, 3.63) is 41.9 Å². The van der Waals surface area contributed by atoms with Crippen LogP contribution in [0.2, 0.25) is 0 Å². The van der Waals surface area contributed by atoms with Crippen molar-refractivity contribution in [2.75, 3.05) is 24.7 Å². The van der Waals surface area contributed by atoms with Gasteiger partial charge in [0.25, 0.3) is 0 Å². The van der Waals surface area contributed by atoms with E-state index in [9.17, 15) is 17.4 Å². The van der Waals surface area contributed by atoms with Gasteiger partial charge in [0.2, 0.25) is 0 Å². The van der Waals surface area contributed by atoms with Crippen molar-refractivity contribution in [2.45, 2.75) is 11.1 Å². The molecule has 0 radical (unpaired) electrons. The minimum atomic E-state index is -4.49. The van der Waals surface area contributed by atoms with Crippen LogP contribution in [0, 0.1) is 0 Å². The van der Waals surface area contributed by atoms with Gasteiger partial charge >= 0.3 is 6.18 Å². The number of halogens is 3. The van der Waals surface area contributed by atoms with Gasteiger partial charge in [-0.2, -0.15) is 13.2 Å². The van der Waals surface area contributed by atoms with Crippen LogP contribution in [0.3, 0.4) is 0 Å². The van der Waals surface area contributed by atoms with Crippen LogP contribution in [0.4, 0.5) is 24.7 Å². The van der Waals surface area contributed by atoms with E-state index >= 15 is 0 Å². The molecule has 0 aliphatic carbocycles. The van der Waals surface area contributed by atoms with Gasteiger partial charge in [-0.3, -0.25) is 9.19 Å². The second-order valence-electron chi connectivity index (χ2n) is 5.31. The Morgan fingerprint density at radius 2 is 2.04 bits per heavy atom. The van der Waals surface area contributed by atoms with Crippen molar-refractivity contribution in [3.8, 4) is 0 Å². The Morgan fingerprint density at radius 1 is 1.29 bits per heavy atom. The molecule has 1 atom stereocenters. The average Bonchev–Trinajstić information content (AvgIpc) is 2.53. The lowest BCUT2D eigenvalue weighted by Gasteiger charge is -2.26. The fourth-order valence-corrected chi connectivity index (χ4v) is 3.16. The van der Waals surface area contributed by atoms with Crippen LogP contribution < -0.4 is 4.90 Å². The molecule has 0 saturated heterocycles. The number of rotatable bonds is 2. The third kappa shape index (κ3) is 3.03. The van der Waals surface area contributed by atoms with Gasteiger partial charge in [-0.1, -0.05) is 0 Å². The standard InChI is InChI=1S/C15H13F3N4OS/c1-22-8-12(10-3-4-19-7-13(10)24(2)23)21-11-5-9(15(16,17)18)6-20-14(11)22/h3-7H,8H2,1-2H3. The highest BCUT2D eigenvalue weighted by molar-refractivity contribution is 7.84. The first-order valence-electron chi connectivity index (χ1n) is 6.91. The molecule has 0 amide bonds. The molecule has 9 heteroatoms. The monoisotopic (exact) mass is 354 g/mol. The maximum Gasteiger partial charge on any atom is 0.417 e. The Kier molecular flexibility index (Phi) is 4.12. The van der Waals surface area contributed by atoms with E-state index in [-0.39, 0.29) is 5.69 Å². The van der Waals surface area contributed by atoms with Crippen molar-refractivity contribution in [2.24, 2.45) is 4.99 Å². The smallest absolute Gasteiger partial charge is 0.352 e. The molecule has 24 heavy (non-hydrogen) atoms. The highest BCUT2D eigenvalue weighted by atomic mass is 32.2. The van der Waals surface area contributed by atoms with E-state index in [4.69, 9.17) is 0 Å². The van der Waals surface area contributed by atoms with E-state index < -0.39 is 22.5 Å². The summed E-state index contributed by atoms with van der Waals surface area (Å²) in [7, 11) is 0.433. The lowest BCUT2D eigenvalue weighted by atomic mass is 10.1. The highest BCUT2D eigenvalue weighted by Gasteiger charge is 2.33. The molecule has 2 aromatic heterocycles. The SMILES string of the molecule is CN1CC(c2ccncc2S(C)=O)=Nc2cc(C(F)(F)F)cnc21. The third-order valence-electron chi connectivity index (χ3n) is 3.58. The van der Waals surface area contributed by atoms with Gasteiger partial charge in [0.15, 0.2) is 5.82 Å². The van der Waals surface area contributed by atoms with E-state index in [2.05, 4.69) is 15.0 Å². The Labute approximate surface area is 138 Å². The number of fused-ring (bicyclic) bond motifs is 1. The molecule has 0 bridgehead atoms. The molecule has 0 fully saturated rings. The second kappa shape index (κ2) is 5.97. The molecule has 3 rings (SSSR count). The molecule has 126 valence electrons. The van der Waals surface area contributed by atoms with E-state index in [0.717, 1.165) is 12.3 Å². The number of anilines is 1. The first kappa shape index (κ1) is 16.6. The van der Waals surface area contributed by atoms with Crippen molar-refractivity contribution in [1.29, 1.82) is 0 Å². The van der Waals surface area contributed by atoms with Crippen LogP contribution in [-0.4, -0.2) is 39.7 Å². The fourth-order valence-electron chi connectivity index (χ4n) is 2.45. The molecule has 0 spiro atoms. The van der Waals surface area contributed by atoms with E-state index in [1.807, 2.05) is 0 Å². The normalized spacial score (nSPS) is 15.7. The van der Waals surface area contributed by atoms with E-state index in [0.29, 0.717) is 28.5 Å². The maximum absolute atomic E-state index is 12.9. The van der Waals surface area contributed by atoms with Crippen LogP contribution >= 0.6 is 0 Å². The number of hydrogen-bond acceptors (Lipinski definition) is 5. The summed E-state index contributed by atoms with van der Waals surface area (Å²) in [4.78, 5) is 14.4. The predicted octanol–water partition coefficient (Wildman–Crippen LogP) is 2.80. The Bertz CT molecular complexity index is 851. The summed E-state index contributed by atoms with van der Waals surface area (Å²) in [5.74, 6) is 0.375. The predicted molar refractivity (Wildman–Crippen MR) is 85.3 cm³/mol. The van der Waals surface area contributed by atoms with Gasteiger partial charge in [0, 0.05) is 37.5 Å². The van der Waals surface area contributed by atoms with Crippen LogP contribution in [-0.2, 0) is 17.0 Å². The average molecular weight is 354 g/mol. The summed E-state index contributed by atoms with van der Waals surface area (Å²) in [6.07, 6.45) is 0.849. The quantitative estimate of drug-likeness (QED) is 0.832. The summed E-state index contributed by atoms with van der Waals surface area (Å²) in [5.41, 5.74) is 0.423. The van der Waals surface area contributed by atoms with Gasteiger partial charge in [-0.05, 0) is 12.1 Å². The minimum Gasteiger partial charge on any atom is -0.352 e. The molecular weight excluding hydrogens is 341 g/mol. The lowest BCUT2D eigenvalue weighted by Crippen LogP contribution is -2.30. The third-order valence-corrected chi connectivity index (χ3v) is 4.53. The molecule has 0 N–H and O–H groups in total. The molecule has 1 unspecified atom stereocenters. The largest absolute Gasteiger partial charge is 0.417 e. The Balaban J connectivity index is 2.14. The second-order valence-corrected chi connectivity index (χ2v) is 6.65. The van der Waals surface area contributed by atoms with Crippen LogP contribution in [0.1, 0.15) is 11.1 Å². The van der Waals surface area contributed by atoms with E-state index in [1.54, 1.807) is 18.0 Å². The number of pyridine rings is 2. The van der Waals surface area contributed by atoms with Crippen molar-refractivity contribution >= 4 is 28.0 Å². The van der Waals surface area contributed by atoms with Gasteiger partial charge in [-0.25, -0.2) is 9.98 Å². The topological polar surface area (TPSA) is 58.5 Å². The number of likely N-dealkylation sites (N-methyl/N-ethyl adjacent to an activating group) is 1. The molecule has 0 aromatic carbocycles. The summed E-state index contributed by atoms with van der Waals surface area (Å²) in [6, 6.07) is 2.64. The summed E-state index contributed by atoms with van der Waals surface area (Å²) < 4.78 is 50.5. The number of aromatic nitrogens is 2.